The summed E-state index contributed by atoms with van der Waals surface area (Å²) >= 11 is 0. The lowest BCUT2D eigenvalue weighted by molar-refractivity contribution is -0.137. The van der Waals surface area contributed by atoms with Gasteiger partial charge >= 0.3 is 12.0 Å². The van der Waals surface area contributed by atoms with Crippen LogP contribution in [0.2, 0.25) is 0 Å². The van der Waals surface area contributed by atoms with Gasteiger partial charge in [0.1, 0.15) is 0 Å². The van der Waals surface area contributed by atoms with Gasteiger partial charge in [0.15, 0.2) is 0 Å². The molecule has 1 atom stereocenters. The molecule has 6 nitrogen and oxygen atoms in total. The van der Waals surface area contributed by atoms with E-state index in [4.69, 9.17) is 9.84 Å². The molecule has 0 radical (unpaired) electrons. The summed E-state index contributed by atoms with van der Waals surface area (Å²) in [7, 11) is 1.67. The fourth-order valence-corrected chi connectivity index (χ4v) is 2.26. The van der Waals surface area contributed by atoms with Crippen LogP contribution in [0.15, 0.2) is 11.6 Å². The first kappa shape index (κ1) is 17.5. The van der Waals surface area contributed by atoms with Crippen LogP contribution in [0.5, 0.6) is 0 Å². The van der Waals surface area contributed by atoms with Crippen molar-refractivity contribution >= 4 is 12.0 Å². The number of carboxylic acids is 1. The molecule has 1 aliphatic rings. The summed E-state index contributed by atoms with van der Waals surface area (Å²) < 4.78 is 5.08. The highest BCUT2D eigenvalue weighted by Crippen LogP contribution is 2.12. The first-order chi connectivity index (χ1) is 10.0. The van der Waals surface area contributed by atoms with Gasteiger partial charge in [0.25, 0.3) is 0 Å². The molecule has 1 heterocycles. The lowest BCUT2D eigenvalue weighted by Gasteiger charge is -2.26. The van der Waals surface area contributed by atoms with Crippen molar-refractivity contribution in [3.63, 3.8) is 0 Å². The molecule has 1 rings (SSSR count). The number of amides is 2. The van der Waals surface area contributed by atoms with Crippen molar-refractivity contribution in [1.82, 2.24) is 10.2 Å². The minimum Gasteiger partial charge on any atom is -0.481 e. The second kappa shape index (κ2) is 9.39. The molecule has 0 bridgehead atoms. The van der Waals surface area contributed by atoms with E-state index in [2.05, 4.69) is 5.32 Å². The van der Waals surface area contributed by atoms with Gasteiger partial charge in [0, 0.05) is 33.2 Å². The van der Waals surface area contributed by atoms with Gasteiger partial charge in [0.2, 0.25) is 0 Å². The SMILES string of the molecule is COCC1=CCN(C(=O)NCCC(C)CCC(=O)O)CC1. The molecule has 0 aromatic heterocycles. The molecule has 0 fully saturated rings. The van der Waals surface area contributed by atoms with Crippen LogP contribution < -0.4 is 5.32 Å². The average Bonchev–Trinajstić information content (AvgIpc) is 2.46. The van der Waals surface area contributed by atoms with E-state index in [1.54, 1.807) is 12.0 Å². The Morgan fingerprint density at radius 3 is 2.81 bits per heavy atom. The summed E-state index contributed by atoms with van der Waals surface area (Å²) in [6, 6.07) is -0.0480. The summed E-state index contributed by atoms with van der Waals surface area (Å²) in [5, 5.41) is 11.5. The summed E-state index contributed by atoms with van der Waals surface area (Å²) in [5.41, 5.74) is 1.24. The number of ether oxygens (including phenoxy) is 1. The summed E-state index contributed by atoms with van der Waals surface area (Å²) in [4.78, 5) is 24.2. The molecule has 0 aliphatic carbocycles. The average molecular weight is 298 g/mol. The minimum absolute atomic E-state index is 0.0480. The van der Waals surface area contributed by atoms with Gasteiger partial charge in [-0.05, 0) is 30.8 Å². The van der Waals surface area contributed by atoms with Crippen molar-refractivity contribution in [2.24, 2.45) is 5.92 Å². The highest BCUT2D eigenvalue weighted by molar-refractivity contribution is 5.74. The number of carbonyl (C=O) groups excluding carboxylic acids is 1. The second-order valence-electron chi connectivity index (χ2n) is 5.55. The Labute approximate surface area is 126 Å². The number of nitrogens with one attached hydrogen (secondary N) is 1. The maximum atomic E-state index is 12.0. The van der Waals surface area contributed by atoms with Crippen LogP contribution in [0, 0.1) is 5.92 Å². The molecule has 120 valence electrons. The molecule has 0 aromatic carbocycles. The van der Waals surface area contributed by atoms with Crippen LogP contribution in [-0.2, 0) is 9.53 Å². The van der Waals surface area contributed by atoms with Crippen molar-refractivity contribution in [1.29, 1.82) is 0 Å². The van der Waals surface area contributed by atoms with Crippen molar-refractivity contribution in [3.05, 3.63) is 11.6 Å². The summed E-state index contributed by atoms with van der Waals surface area (Å²) in [5.74, 6) is -0.464. The van der Waals surface area contributed by atoms with Gasteiger partial charge in [-0.1, -0.05) is 13.0 Å². The minimum atomic E-state index is -0.766. The van der Waals surface area contributed by atoms with Crippen molar-refractivity contribution < 1.29 is 19.4 Å². The van der Waals surface area contributed by atoms with E-state index in [1.807, 2.05) is 13.0 Å². The molecule has 0 spiro atoms. The van der Waals surface area contributed by atoms with Gasteiger partial charge in [-0.25, -0.2) is 4.79 Å². The molecule has 1 unspecified atom stereocenters. The Morgan fingerprint density at radius 2 is 2.24 bits per heavy atom. The molecule has 2 amide bonds. The normalized spacial score (nSPS) is 16.3. The van der Waals surface area contributed by atoms with Gasteiger partial charge in [0.05, 0.1) is 6.61 Å². The van der Waals surface area contributed by atoms with Crippen molar-refractivity contribution in [2.75, 3.05) is 33.4 Å². The number of methoxy groups -OCH3 is 1. The lowest BCUT2D eigenvalue weighted by atomic mass is 10.0. The van der Waals surface area contributed by atoms with E-state index in [1.165, 1.54) is 5.57 Å². The molecular weight excluding hydrogens is 272 g/mol. The predicted molar refractivity (Wildman–Crippen MR) is 80.2 cm³/mol. The monoisotopic (exact) mass is 298 g/mol. The molecule has 0 saturated carbocycles. The summed E-state index contributed by atoms with van der Waals surface area (Å²) in [6.07, 6.45) is 4.54. The van der Waals surface area contributed by atoms with Crippen molar-refractivity contribution in [3.8, 4) is 0 Å². The lowest BCUT2D eigenvalue weighted by Crippen LogP contribution is -2.43. The predicted octanol–water partition coefficient (Wildman–Crippen LogP) is 1.87. The first-order valence-corrected chi connectivity index (χ1v) is 7.44. The number of carbonyl (C=O) groups is 2. The fraction of sp³-hybridized carbons (Fsp3) is 0.733. The quantitative estimate of drug-likeness (QED) is 0.670. The van der Waals surface area contributed by atoms with Gasteiger partial charge < -0.3 is 20.1 Å². The van der Waals surface area contributed by atoms with Crippen LogP contribution in [0.1, 0.15) is 32.6 Å². The molecule has 2 N–H and O–H groups in total. The number of carboxylic acid groups (broad SMARTS) is 1. The van der Waals surface area contributed by atoms with E-state index in [0.29, 0.717) is 32.0 Å². The highest BCUT2D eigenvalue weighted by Gasteiger charge is 2.16. The third kappa shape index (κ3) is 7.13. The Hall–Kier alpha value is -1.56. The third-order valence-corrected chi connectivity index (χ3v) is 3.68. The van der Waals surface area contributed by atoms with E-state index in [-0.39, 0.29) is 12.5 Å². The van der Waals surface area contributed by atoms with E-state index in [0.717, 1.165) is 19.4 Å². The van der Waals surface area contributed by atoms with E-state index in [9.17, 15) is 9.59 Å². The van der Waals surface area contributed by atoms with Gasteiger partial charge in [-0.15, -0.1) is 0 Å². The molecular formula is C15H26N2O4. The van der Waals surface area contributed by atoms with Gasteiger partial charge in [-0.2, -0.15) is 0 Å². The standard InChI is InChI=1S/C15H26N2O4/c1-12(3-4-14(18)19)5-8-16-15(20)17-9-6-13(7-10-17)11-21-2/h6,12H,3-5,7-11H2,1-2H3,(H,16,20)(H,18,19). The Kier molecular flexibility index (Phi) is 7.82. The van der Waals surface area contributed by atoms with Crippen LogP contribution >= 0.6 is 0 Å². The number of nitrogens with zero attached hydrogens (tertiary/aromatic N) is 1. The van der Waals surface area contributed by atoms with Crippen LogP contribution in [0.3, 0.4) is 0 Å². The van der Waals surface area contributed by atoms with E-state index >= 15 is 0 Å². The topological polar surface area (TPSA) is 78.9 Å². The second-order valence-corrected chi connectivity index (χ2v) is 5.55. The smallest absolute Gasteiger partial charge is 0.317 e. The molecule has 1 aliphatic heterocycles. The Bertz CT molecular complexity index is 382. The molecule has 6 heteroatoms. The first-order valence-electron chi connectivity index (χ1n) is 7.44. The maximum absolute atomic E-state index is 12.0. The highest BCUT2D eigenvalue weighted by atomic mass is 16.5. The summed E-state index contributed by atoms with van der Waals surface area (Å²) in [6.45, 7) is 4.58. The number of rotatable bonds is 8. The van der Waals surface area contributed by atoms with Gasteiger partial charge in [-0.3, -0.25) is 4.79 Å². The zero-order valence-corrected chi connectivity index (χ0v) is 12.9. The number of urea groups is 1. The molecule has 0 aromatic rings. The number of hydrogen-bond donors (Lipinski definition) is 2. The van der Waals surface area contributed by atoms with Crippen molar-refractivity contribution in [2.45, 2.75) is 32.6 Å². The molecule has 21 heavy (non-hydrogen) atoms. The van der Waals surface area contributed by atoms with Crippen LogP contribution in [0.25, 0.3) is 0 Å². The maximum Gasteiger partial charge on any atom is 0.317 e. The zero-order valence-electron chi connectivity index (χ0n) is 12.9. The van der Waals surface area contributed by atoms with Crippen LogP contribution in [0.4, 0.5) is 4.79 Å². The number of aliphatic carboxylic acids is 1. The Balaban J connectivity index is 2.18. The van der Waals surface area contributed by atoms with E-state index < -0.39 is 5.97 Å². The fourth-order valence-electron chi connectivity index (χ4n) is 2.26. The molecule has 0 saturated heterocycles. The van der Waals surface area contributed by atoms with Crippen LogP contribution in [-0.4, -0.2) is 55.4 Å². The Morgan fingerprint density at radius 1 is 1.48 bits per heavy atom. The number of hydrogen-bond acceptors (Lipinski definition) is 3. The zero-order chi connectivity index (χ0) is 15.7. The largest absolute Gasteiger partial charge is 0.481 e. The third-order valence-electron chi connectivity index (χ3n) is 3.68.